The number of nitrogens with one attached hydrogen (secondary N) is 2. The summed E-state index contributed by atoms with van der Waals surface area (Å²) in [4.78, 5) is 8.78. The van der Waals surface area contributed by atoms with Crippen molar-refractivity contribution >= 4 is 11.6 Å². The van der Waals surface area contributed by atoms with Gasteiger partial charge in [0.05, 0.1) is 5.69 Å². The first-order valence-electron chi connectivity index (χ1n) is 7.06. The summed E-state index contributed by atoms with van der Waals surface area (Å²) in [7, 11) is 1.79. The fraction of sp³-hybridized carbons (Fsp3) is 0.467. The lowest BCUT2D eigenvalue weighted by atomic mass is 10.2. The number of fused-ring (bicyclic) bond motifs is 1. The molecular weight excluding hydrogens is 250 g/mol. The van der Waals surface area contributed by atoms with E-state index in [0.717, 1.165) is 36.8 Å². The molecule has 2 heterocycles. The van der Waals surface area contributed by atoms with Crippen LogP contribution in [-0.2, 0) is 6.42 Å². The largest absolute Gasteiger partial charge is 0.356 e. The van der Waals surface area contributed by atoms with Crippen LogP contribution in [0, 0.1) is 5.92 Å². The van der Waals surface area contributed by atoms with Crippen LogP contribution in [0.15, 0.2) is 35.6 Å². The molecule has 0 aliphatic rings. The SMILES string of the molecule is CN=C(NCCc1cn2ccccc2n1)NCC(C)C. The Kier molecular flexibility index (Phi) is 4.98. The Balaban J connectivity index is 1.82. The van der Waals surface area contributed by atoms with Crippen molar-refractivity contribution in [1.82, 2.24) is 20.0 Å². The highest BCUT2D eigenvalue weighted by Crippen LogP contribution is 2.04. The fourth-order valence-electron chi connectivity index (χ4n) is 1.94. The molecule has 20 heavy (non-hydrogen) atoms. The summed E-state index contributed by atoms with van der Waals surface area (Å²) < 4.78 is 2.04. The van der Waals surface area contributed by atoms with Gasteiger partial charge in [-0.25, -0.2) is 4.98 Å². The number of guanidine groups is 1. The second-order valence-corrected chi connectivity index (χ2v) is 5.22. The van der Waals surface area contributed by atoms with E-state index >= 15 is 0 Å². The van der Waals surface area contributed by atoms with Crippen molar-refractivity contribution in [3.05, 3.63) is 36.3 Å². The van der Waals surface area contributed by atoms with Gasteiger partial charge in [0.1, 0.15) is 5.65 Å². The molecule has 108 valence electrons. The average Bonchev–Trinajstić information content (AvgIpc) is 2.85. The maximum Gasteiger partial charge on any atom is 0.190 e. The van der Waals surface area contributed by atoms with Crippen molar-refractivity contribution < 1.29 is 0 Å². The van der Waals surface area contributed by atoms with E-state index in [-0.39, 0.29) is 0 Å². The van der Waals surface area contributed by atoms with Crippen LogP contribution < -0.4 is 10.6 Å². The van der Waals surface area contributed by atoms with Gasteiger partial charge in [0.15, 0.2) is 5.96 Å². The van der Waals surface area contributed by atoms with Gasteiger partial charge >= 0.3 is 0 Å². The molecule has 5 heteroatoms. The summed E-state index contributed by atoms with van der Waals surface area (Å²) >= 11 is 0. The molecule has 0 atom stereocenters. The van der Waals surface area contributed by atoms with Crippen LogP contribution >= 0.6 is 0 Å². The number of nitrogens with zero attached hydrogens (tertiary/aromatic N) is 3. The van der Waals surface area contributed by atoms with Gasteiger partial charge in [-0.15, -0.1) is 0 Å². The van der Waals surface area contributed by atoms with E-state index in [0.29, 0.717) is 5.92 Å². The lowest BCUT2D eigenvalue weighted by Crippen LogP contribution is -2.39. The highest BCUT2D eigenvalue weighted by molar-refractivity contribution is 5.79. The standard InChI is InChI=1S/C15H23N5/c1-12(2)10-18-15(16-3)17-8-7-13-11-20-9-5-4-6-14(20)19-13/h4-6,9,11-12H,7-8,10H2,1-3H3,(H2,16,17,18). The molecule has 2 aromatic rings. The van der Waals surface area contributed by atoms with Crippen molar-refractivity contribution in [1.29, 1.82) is 0 Å². The molecule has 0 radical (unpaired) electrons. The molecule has 0 amide bonds. The molecule has 0 saturated heterocycles. The van der Waals surface area contributed by atoms with Gasteiger partial charge in [-0.3, -0.25) is 4.99 Å². The summed E-state index contributed by atoms with van der Waals surface area (Å²) in [5, 5.41) is 6.60. The predicted octanol–water partition coefficient (Wildman–Crippen LogP) is 1.70. The van der Waals surface area contributed by atoms with Gasteiger partial charge in [0.25, 0.3) is 0 Å². The van der Waals surface area contributed by atoms with Crippen molar-refractivity contribution in [2.45, 2.75) is 20.3 Å². The number of rotatable bonds is 5. The van der Waals surface area contributed by atoms with Crippen LogP contribution in [0.2, 0.25) is 0 Å². The number of hydrogen-bond donors (Lipinski definition) is 2. The van der Waals surface area contributed by atoms with E-state index < -0.39 is 0 Å². The molecular formula is C15H23N5. The molecule has 0 spiro atoms. The Morgan fingerprint density at radius 1 is 1.35 bits per heavy atom. The highest BCUT2D eigenvalue weighted by atomic mass is 15.2. The number of hydrogen-bond acceptors (Lipinski definition) is 2. The first-order valence-corrected chi connectivity index (χ1v) is 7.06. The van der Waals surface area contributed by atoms with Gasteiger partial charge in [-0.05, 0) is 18.1 Å². The molecule has 0 aromatic carbocycles. The van der Waals surface area contributed by atoms with Crippen LogP contribution in [0.25, 0.3) is 5.65 Å². The van der Waals surface area contributed by atoms with Gasteiger partial charge in [-0.2, -0.15) is 0 Å². The second-order valence-electron chi connectivity index (χ2n) is 5.22. The Morgan fingerprint density at radius 3 is 2.90 bits per heavy atom. The van der Waals surface area contributed by atoms with E-state index in [1.54, 1.807) is 7.05 Å². The van der Waals surface area contributed by atoms with Gasteiger partial charge < -0.3 is 15.0 Å². The normalized spacial score (nSPS) is 12.1. The topological polar surface area (TPSA) is 53.7 Å². The maximum absolute atomic E-state index is 4.57. The third kappa shape index (κ3) is 3.98. The summed E-state index contributed by atoms with van der Waals surface area (Å²) in [6.45, 7) is 6.10. The van der Waals surface area contributed by atoms with Gasteiger partial charge in [0.2, 0.25) is 0 Å². The number of pyridine rings is 1. The molecule has 5 nitrogen and oxygen atoms in total. The summed E-state index contributed by atoms with van der Waals surface area (Å²) in [5.74, 6) is 1.45. The molecule has 0 saturated carbocycles. The number of aromatic nitrogens is 2. The molecule has 2 aromatic heterocycles. The van der Waals surface area contributed by atoms with Crippen LogP contribution in [0.4, 0.5) is 0 Å². The highest BCUT2D eigenvalue weighted by Gasteiger charge is 2.02. The van der Waals surface area contributed by atoms with E-state index in [1.165, 1.54) is 0 Å². The molecule has 0 fully saturated rings. The van der Waals surface area contributed by atoms with Gasteiger partial charge in [-0.1, -0.05) is 19.9 Å². The number of aliphatic imine (C=N–C) groups is 1. The van der Waals surface area contributed by atoms with Crippen LogP contribution in [0.3, 0.4) is 0 Å². The monoisotopic (exact) mass is 273 g/mol. The summed E-state index contributed by atoms with van der Waals surface area (Å²) in [6, 6.07) is 6.02. The first-order chi connectivity index (χ1) is 9.69. The molecule has 2 rings (SSSR count). The molecule has 2 N–H and O–H groups in total. The minimum Gasteiger partial charge on any atom is -0.356 e. The van der Waals surface area contributed by atoms with Crippen LogP contribution in [0.5, 0.6) is 0 Å². The lowest BCUT2D eigenvalue weighted by Gasteiger charge is -2.12. The van der Waals surface area contributed by atoms with Crippen molar-refractivity contribution in [3.8, 4) is 0 Å². The van der Waals surface area contributed by atoms with Gasteiger partial charge in [0, 0.05) is 39.0 Å². The first kappa shape index (κ1) is 14.4. The van der Waals surface area contributed by atoms with E-state index in [9.17, 15) is 0 Å². The Morgan fingerprint density at radius 2 is 2.20 bits per heavy atom. The zero-order chi connectivity index (χ0) is 14.4. The minimum atomic E-state index is 0.604. The molecule has 0 aliphatic carbocycles. The summed E-state index contributed by atoms with van der Waals surface area (Å²) in [6.07, 6.45) is 4.97. The Labute approximate surface area is 120 Å². The van der Waals surface area contributed by atoms with E-state index in [4.69, 9.17) is 0 Å². The zero-order valence-electron chi connectivity index (χ0n) is 12.4. The molecule has 0 unspecified atom stereocenters. The predicted molar refractivity (Wildman–Crippen MR) is 83.1 cm³/mol. The quantitative estimate of drug-likeness (QED) is 0.644. The van der Waals surface area contributed by atoms with Crippen molar-refractivity contribution in [2.75, 3.05) is 20.1 Å². The lowest BCUT2D eigenvalue weighted by molar-refractivity contribution is 0.614. The third-order valence-electron chi connectivity index (χ3n) is 2.99. The van der Waals surface area contributed by atoms with Crippen LogP contribution in [0.1, 0.15) is 19.5 Å². The maximum atomic E-state index is 4.57. The fourth-order valence-corrected chi connectivity index (χ4v) is 1.94. The second kappa shape index (κ2) is 6.93. The minimum absolute atomic E-state index is 0.604. The third-order valence-corrected chi connectivity index (χ3v) is 2.99. The molecule has 0 aliphatic heterocycles. The van der Waals surface area contributed by atoms with E-state index in [2.05, 4.69) is 40.7 Å². The zero-order valence-corrected chi connectivity index (χ0v) is 12.4. The summed E-state index contributed by atoms with van der Waals surface area (Å²) in [5.41, 5.74) is 2.08. The van der Waals surface area contributed by atoms with E-state index in [1.807, 2.05) is 28.8 Å². The Hall–Kier alpha value is -2.04. The van der Waals surface area contributed by atoms with Crippen molar-refractivity contribution in [2.24, 2.45) is 10.9 Å². The smallest absolute Gasteiger partial charge is 0.190 e. The van der Waals surface area contributed by atoms with Crippen LogP contribution in [-0.4, -0.2) is 35.5 Å². The Bertz CT molecular complexity index is 537. The average molecular weight is 273 g/mol. The molecule has 0 bridgehead atoms. The van der Waals surface area contributed by atoms with Crippen molar-refractivity contribution in [3.63, 3.8) is 0 Å². The number of imidazole rings is 1.